The fourth-order valence-corrected chi connectivity index (χ4v) is 3.96. The van der Waals surface area contributed by atoms with Gasteiger partial charge in [-0.2, -0.15) is 5.10 Å². The Labute approximate surface area is 178 Å². The van der Waals surface area contributed by atoms with Crippen molar-refractivity contribution in [2.75, 3.05) is 25.7 Å². The van der Waals surface area contributed by atoms with E-state index in [4.69, 9.17) is 9.47 Å². The minimum absolute atomic E-state index is 0.129. The van der Waals surface area contributed by atoms with Crippen LogP contribution in [-0.4, -0.2) is 38.4 Å². The van der Waals surface area contributed by atoms with E-state index < -0.39 is 0 Å². The van der Waals surface area contributed by atoms with Gasteiger partial charge in [0.05, 0.1) is 13.3 Å². The number of rotatable bonds is 6. The summed E-state index contributed by atoms with van der Waals surface area (Å²) in [7, 11) is 3.72. The number of hydrazone groups is 1. The molecule has 1 heterocycles. The molecule has 1 aliphatic rings. The molecule has 30 heavy (non-hydrogen) atoms. The van der Waals surface area contributed by atoms with Gasteiger partial charge in [0.15, 0.2) is 18.1 Å². The maximum atomic E-state index is 12.1. The standard InChI is InChI=1S/C24H31N3O3/c1-16-11-20-19(17(2)13-24(3,4)27(20)5)12-18(16)14-25-26-23(28)15-30-22-10-8-7-9-21(22)29-6/h7-12,14,17H,13,15H2,1-6H3,(H,26,28)/b25-14+. The summed E-state index contributed by atoms with van der Waals surface area (Å²) in [6.45, 7) is 8.74. The maximum absolute atomic E-state index is 12.1. The van der Waals surface area contributed by atoms with Crippen molar-refractivity contribution in [1.82, 2.24) is 5.43 Å². The number of aryl methyl sites for hydroxylation is 1. The second-order valence-electron chi connectivity index (χ2n) is 8.48. The van der Waals surface area contributed by atoms with Crippen LogP contribution in [0.2, 0.25) is 0 Å². The third kappa shape index (κ3) is 4.58. The van der Waals surface area contributed by atoms with Crippen LogP contribution in [-0.2, 0) is 4.79 Å². The fraction of sp³-hybridized carbons (Fsp3) is 0.417. The van der Waals surface area contributed by atoms with Crippen molar-refractivity contribution in [3.63, 3.8) is 0 Å². The number of fused-ring (bicyclic) bond motifs is 1. The largest absolute Gasteiger partial charge is 0.493 e. The Bertz CT molecular complexity index is 953. The lowest BCUT2D eigenvalue weighted by atomic mass is 9.79. The van der Waals surface area contributed by atoms with Gasteiger partial charge in [-0.15, -0.1) is 0 Å². The van der Waals surface area contributed by atoms with Crippen molar-refractivity contribution in [2.24, 2.45) is 5.10 Å². The Hall–Kier alpha value is -3.02. The van der Waals surface area contributed by atoms with Crippen LogP contribution in [0.1, 0.15) is 49.8 Å². The molecule has 0 fully saturated rings. The van der Waals surface area contributed by atoms with Gasteiger partial charge < -0.3 is 14.4 Å². The van der Waals surface area contributed by atoms with E-state index in [0.717, 1.165) is 17.5 Å². The first-order valence-corrected chi connectivity index (χ1v) is 10.2. The van der Waals surface area contributed by atoms with E-state index in [0.29, 0.717) is 17.4 Å². The fourth-order valence-electron chi connectivity index (χ4n) is 3.96. The first-order valence-electron chi connectivity index (χ1n) is 10.2. The number of hydrogen-bond donors (Lipinski definition) is 1. The minimum Gasteiger partial charge on any atom is -0.493 e. The Morgan fingerprint density at radius 3 is 2.70 bits per heavy atom. The Balaban J connectivity index is 1.65. The highest BCUT2D eigenvalue weighted by molar-refractivity contribution is 5.86. The Morgan fingerprint density at radius 1 is 1.30 bits per heavy atom. The molecule has 0 aliphatic carbocycles. The van der Waals surface area contributed by atoms with E-state index >= 15 is 0 Å². The summed E-state index contributed by atoms with van der Waals surface area (Å²) in [5.74, 6) is 1.23. The number of anilines is 1. The van der Waals surface area contributed by atoms with Crippen molar-refractivity contribution >= 4 is 17.8 Å². The van der Waals surface area contributed by atoms with E-state index in [1.165, 1.54) is 11.3 Å². The van der Waals surface area contributed by atoms with Crippen LogP contribution in [0.4, 0.5) is 5.69 Å². The van der Waals surface area contributed by atoms with Gasteiger partial charge in [-0.3, -0.25) is 4.79 Å². The average molecular weight is 410 g/mol. The van der Waals surface area contributed by atoms with Gasteiger partial charge in [-0.25, -0.2) is 5.43 Å². The zero-order valence-corrected chi connectivity index (χ0v) is 18.7. The molecule has 0 saturated heterocycles. The first-order chi connectivity index (χ1) is 14.2. The van der Waals surface area contributed by atoms with Gasteiger partial charge in [0.1, 0.15) is 0 Å². The lowest BCUT2D eigenvalue weighted by molar-refractivity contribution is -0.123. The number of carbonyl (C=O) groups excluding carboxylic acids is 1. The number of hydrogen-bond acceptors (Lipinski definition) is 5. The number of carbonyl (C=O) groups is 1. The molecule has 2 aromatic carbocycles. The van der Waals surface area contributed by atoms with Gasteiger partial charge in [0.2, 0.25) is 0 Å². The van der Waals surface area contributed by atoms with Gasteiger partial charge in [0, 0.05) is 18.3 Å². The van der Waals surface area contributed by atoms with E-state index in [1.54, 1.807) is 25.5 Å². The van der Waals surface area contributed by atoms with Crippen molar-refractivity contribution in [2.45, 2.75) is 45.6 Å². The third-order valence-corrected chi connectivity index (χ3v) is 5.84. The van der Waals surface area contributed by atoms with Crippen LogP contribution in [0.25, 0.3) is 0 Å². The summed E-state index contributed by atoms with van der Waals surface area (Å²) >= 11 is 0. The second kappa shape index (κ2) is 8.78. The number of benzene rings is 2. The molecular formula is C24H31N3O3. The molecule has 0 saturated carbocycles. The van der Waals surface area contributed by atoms with Gasteiger partial charge >= 0.3 is 0 Å². The SMILES string of the molecule is COc1ccccc1OCC(=O)N/N=C/c1cc2c(cc1C)N(C)C(C)(C)CC2C. The molecule has 1 N–H and O–H groups in total. The summed E-state index contributed by atoms with van der Waals surface area (Å²) < 4.78 is 10.7. The quantitative estimate of drug-likeness (QED) is 0.572. The van der Waals surface area contributed by atoms with Gasteiger partial charge in [-0.05, 0) is 74.1 Å². The number of nitrogens with one attached hydrogen (secondary N) is 1. The van der Waals surface area contributed by atoms with Crippen LogP contribution in [0.5, 0.6) is 11.5 Å². The van der Waals surface area contributed by atoms with Crippen LogP contribution in [0.3, 0.4) is 0 Å². The summed E-state index contributed by atoms with van der Waals surface area (Å²) in [4.78, 5) is 14.4. The number of amides is 1. The highest BCUT2D eigenvalue weighted by Gasteiger charge is 2.34. The van der Waals surface area contributed by atoms with Gasteiger partial charge in [-0.1, -0.05) is 19.1 Å². The zero-order valence-electron chi connectivity index (χ0n) is 18.7. The lowest BCUT2D eigenvalue weighted by Gasteiger charge is -2.45. The molecule has 160 valence electrons. The molecular weight excluding hydrogens is 378 g/mol. The summed E-state index contributed by atoms with van der Waals surface area (Å²) in [6, 6.07) is 11.6. The van der Waals surface area contributed by atoms with Crippen LogP contribution >= 0.6 is 0 Å². The second-order valence-corrected chi connectivity index (χ2v) is 8.48. The van der Waals surface area contributed by atoms with Crippen molar-refractivity contribution in [1.29, 1.82) is 0 Å². The highest BCUT2D eigenvalue weighted by atomic mass is 16.5. The van der Waals surface area contributed by atoms with Gasteiger partial charge in [0.25, 0.3) is 5.91 Å². The predicted molar refractivity (Wildman–Crippen MR) is 121 cm³/mol. The summed E-state index contributed by atoms with van der Waals surface area (Å²) in [5, 5.41) is 4.13. The molecule has 1 aliphatic heterocycles. The highest BCUT2D eigenvalue weighted by Crippen LogP contribution is 2.43. The van der Waals surface area contributed by atoms with E-state index in [1.807, 2.05) is 12.1 Å². The molecule has 0 aromatic heterocycles. The van der Waals surface area contributed by atoms with Crippen molar-refractivity contribution in [3.8, 4) is 11.5 Å². The zero-order chi connectivity index (χ0) is 21.9. The van der Waals surface area contributed by atoms with Crippen molar-refractivity contribution < 1.29 is 14.3 Å². The number of ether oxygens (including phenoxy) is 2. The predicted octanol–water partition coefficient (Wildman–Crippen LogP) is 4.25. The lowest BCUT2D eigenvalue weighted by Crippen LogP contribution is -2.45. The summed E-state index contributed by atoms with van der Waals surface area (Å²) in [5.41, 5.74) is 7.36. The minimum atomic E-state index is -0.331. The van der Waals surface area contributed by atoms with Crippen LogP contribution in [0.15, 0.2) is 41.5 Å². The molecule has 1 atom stereocenters. The summed E-state index contributed by atoms with van der Waals surface area (Å²) in [6.07, 6.45) is 2.79. The molecule has 0 radical (unpaired) electrons. The smallest absolute Gasteiger partial charge is 0.277 e. The molecule has 1 amide bonds. The molecule has 6 heteroatoms. The van der Waals surface area contributed by atoms with E-state index in [9.17, 15) is 4.79 Å². The molecule has 6 nitrogen and oxygen atoms in total. The first kappa shape index (κ1) is 21.7. The molecule has 0 bridgehead atoms. The molecule has 2 aromatic rings. The number of para-hydroxylation sites is 2. The Kier molecular flexibility index (Phi) is 6.34. The normalized spacial score (nSPS) is 17.5. The van der Waals surface area contributed by atoms with E-state index in [-0.39, 0.29) is 18.1 Å². The molecule has 0 spiro atoms. The van der Waals surface area contributed by atoms with E-state index in [2.05, 4.69) is 62.3 Å². The third-order valence-electron chi connectivity index (χ3n) is 5.84. The topological polar surface area (TPSA) is 63.2 Å². The Morgan fingerprint density at radius 2 is 2.00 bits per heavy atom. The number of nitrogens with zero attached hydrogens (tertiary/aromatic N) is 2. The van der Waals surface area contributed by atoms with Crippen LogP contribution < -0.4 is 19.8 Å². The maximum Gasteiger partial charge on any atom is 0.277 e. The van der Waals surface area contributed by atoms with Crippen molar-refractivity contribution in [3.05, 3.63) is 53.1 Å². The number of methoxy groups -OCH3 is 1. The molecule has 1 unspecified atom stereocenters. The molecule has 3 rings (SSSR count). The average Bonchev–Trinajstić information content (AvgIpc) is 2.71. The van der Waals surface area contributed by atoms with Crippen LogP contribution in [0, 0.1) is 6.92 Å². The monoisotopic (exact) mass is 409 g/mol.